The van der Waals surface area contributed by atoms with E-state index in [1.165, 1.54) is 20.0 Å². The van der Waals surface area contributed by atoms with Gasteiger partial charge in [-0.2, -0.15) is 0 Å². The Bertz CT molecular complexity index is 630. The summed E-state index contributed by atoms with van der Waals surface area (Å²) in [7, 11) is 3.94. The van der Waals surface area contributed by atoms with Crippen LogP contribution in [0, 0.1) is 0 Å². The van der Waals surface area contributed by atoms with E-state index in [1.807, 2.05) is 31.1 Å². The standard InChI is InChI=1S/C17H22N2O5/c1-17(2)23-15(20)14(16(21)24-17)11-18-12-6-5-7-13(10-12)22-9-8-19(3)4/h5-7,10-11,18H,8-9H2,1-4H3. The van der Waals surface area contributed by atoms with Crippen molar-refractivity contribution in [2.75, 3.05) is 32.6 Å². The lowest BCUT2D eigenvalue weighted by atomic mass is 10.2. The minimum Gasteiger partial charge on any atom is -0.492 e. The molecular weight excluding hydrogens is 312 g/mol. The van der Waals surface area contributed by atoms with Gasteiger partial charge in [-0.05, 0) is 26.2 Å². The van der Waals surface area contributed by atoms with Gasteiger partial charge >= 0.3 is 11.9 Å². The highest BCUT2D eigenvalue weighted by molar-refractivity contribution is 6.15. The summed E-state index contributed by atoms with van der Waals surface area (Å²) in [6.45, 7) is 4.36. The van der Waals surface area contributed by atoms with E-state index in [2.05, 4.69) is 5.32 Å². The van der Waals surface area contributed by atoms with Gasteiger partial charge in [-0.25, -0.2) is 9.59 Å². The Morgan fingerprint density at radius 2 is 1.88 bits per heavy atom. The summed E-state index contributed by atoms with van der Waals surface area (Å²) in [4.78, 5) is 25.7. The topological polar surface area (TPSA) is 77.1 Å². The molecule has 1 N–H and O–H groups in total. The van der Waals surface area contributed by atoms with E-state index in [-0.39, 0.29) is 5.57 Å². The third kappa shape index (κ3) is 4.99. The van der Waals surface area contributed by atoms with Gasteiger partial charge in [0.2, 0.25) is 0 Å². The molecule has 1 aromatic rings. The number of nitrogens with one attached hydrogen (secondary N) is 1. The first kappa shape index (κ1) is 17.8. The number of hydrogen-bond donors (Lipinski definition) is 1. The molecule has 7 nitrogen and oxygen atoms in total. The fourth-order valence-corrected chi connectivity index (χ4v) is 1.96. The van der Waals surface area contributed by atoms with Crippen molar-refractivity contribution >= 4 is 17.6 Å². The zero-order valence-electron chi connectivity index (χ0n) is 14.3. The van der Waals surface area contributed by atoms with Crippen molar-refractivity contribution in [3.05, 3.63) is 36.0 Å². The molecule has 130 valence electrons. The normalized spacial score (nSPS) is 16.5. The second kappa shape index (κ2) is 7.35. The molecule has 1 saturated heterocycles. The first-order valence-corrected chi connectivity index (χ1v) is 7.58. The van der Waals surface area contributed by atoms with Gasteiger partial charge in [-0.3, -0.25) is 0 Å². The summed E-state index contributed by atoms with van der Waals surface area (Å²) < 4.78 is 15.7. The van der Waals surface area contributed by atoms with Crippen LogP contribution in [-0.4, -0.2) is 49.9 Å². The Balaban J connectivity index is 2.01. The van der Waals surface area contributed by atoms with E-state index >= 15 is 0 Å². The van der Waals surface area contributed by atoms with Crippen molar-refractivity contribution in [2.45, 2.75) is 19.6 Å². The van der Waals surface area contributed by atoms with E-state index < -0.39 is 17.7 Å². The lowest BCUT2D eigenvalue weighted by Gasteiger charge is -2.29. The summed E-state index contributed by atoms with van der Waals surface area (Å²) in [5, 5.41) is 2.89. The predicted molar refractivity (Wildman–Crippen MR) is 88.5 cm³/mol. The van der Waals surface area contributed by atoms with Crippen LogP contribution in [0.3, 0.4) is 0 Å². The maximum Gasteiger partial charge on any atom is 0.350 e. The van der Waals surface area contributed by atoms with E-state index in [0.29, 0.717) is 18.0 Å². The maximum atomic E-state index is 11.9. The highest BCUT2D eigenvalue weighted by Gasteiger charge is 2.38. The van der Waals surface area contributed by atoms with Crippen LogP contribution in [0.5, 0.6) is 5.75 Å². The van der Waals surface area contributed by atoms with E-state index in [0.717, 1.165) is 6.54 Å². The van der Waals surface area contributed by atoms with Crippen LogP contribution in [0.4, 0.5) is 5.69 Å². The van der Waals surface area contributed by atoms with Crippen molar-refractivity contribution in [2.24, 2.45) is 0 Å². The van der Waals surface area contributed by atoms with Crippen molar-refractivity contribution in [1.82, 2.24) is 4.90 Å². The highest BCUT2D eigenvalue weighted by atomic mass is 16.7. The third-order valence-electron chi connectivity index (χ3n) is 3.14. The Hall–Kier alpha value is -2.54. The van der Waals surface area contributed by atoms with Gasteiger partial charge in [-0.1, -0.05) is 6.07 Å². The fraction of sp³-hybridized carbons (Fsp3) is 0.412. The Kier molecular flexibility index (Phi) is 5.46. The largest absolute Gasteiger partial charge is 0.492 e. The molecule has 0 spiro atoms. The average Bonchev–Trinajstić information content (AvgIpc) is 2.45. The highest BCUT2D eigenvalue weighted by Crippen LogP contribution is 2.23. The van der Waals surface area contributed by atoms with Crippen LogP contribution in [0.15, 0.2) is 36.0 Å². The van der Waals surface area contributed by atoms with Crippen molar-refractivity contribution in [3.8, 4) is 5.75 Å². The first-order chi connectivity index (χ1) is 11.3. The molecule has 1 fully saturated rings. The van der Waals surface area contributed by atoms with Gasteiger partial charge in [0.05, 0.1) is 0 Å². The van der Waals surface area contributed by atoms with Crippen LogP contribution in [-0.2, 0) is 19.1 Å². The molecule has 7 heteroatoms. The number of carbonyl (C=O) groups excluding carboxylic acids is 2. The minimum atomic E-state index is -1.24. The molecule has 0 aromatic heterocycles. The molecule has 0 saturated carbocycles. The monoisotopic (exact) mass is 334 g/mol. The van der Waals surface area contributed by atoms with Crippen molar-refractivity contribution in [3.63, 3.8) is 0 Å². The summed E-state index contributed by atoms with van der Waals surface area (Å²) in [6, 6.07) is 7.21. The second-order valence-electron chi connectivity index (χ2n) is 6.06. The van der Waals surface area contributed by atoms with Crippen LogP contribution < -0.4 is 10.1 Å². The first-order valence-electron chi connectivity index (χ1n) is 7.58. The molecule has 1 heterocycles. The van der Waals surface area contributed by atoms with Crippen LogP contribution in [0.1, 0.15) is 13.8 Å². The molecule has 1 aliphatic rings. The smallest absolute Gasteiger partial charge is 0.350 e. The van der Waals surface area contributed by atoms with Gasteiger partial charge in [0.15, 0.2) is 5.57 Å². The summed E-state index contributed by atoms with van der Waals surface area (Å²) in [5.74, 6) is -1.99. The molecule has 0 radical (unpaired) electrons. The molecular formula is C17H22N2O5. The molecule has 0 unspecified atom stereocenters. The van der Waals surface area contributed by atoms with E-state index in [4.69, 9.17) is 14.2 Å². The lowest BCUT2D eigenvalue weighted by molar-refractivity contribution is -0.222. The number of anilines is 1. The summed E-state index contributed by atoms with van der Waals surface area (Å²) in [5.41, 5.74) is 0.489. The van der Waals surface area contributed by atoms with Crippen molar-refractivity contribution < 1.29 is 23.8 Å². The Morgan fingerprint density at radius 1 is 1.21 bits per heavy atom. The SMILES string of the molecule is CN(C)CCOc1cccc(NC=C2C(=O)OC(C)(C)OC2=O)c1. The van der Waals surface area contributed by atoms with Gasteiger partial charge in [0, 0.05) is 38.3 Å². The van der Waals surface area contributed by atoms with Crippen LogP contribution in [0.25, 0.3) is 0 Å². The fourth-order valence-electron chi connectivity index (χ4n) is 1.96. The van der Waals surface area contributed by atoms with E-state index in [9.17, 15) is 9.59 Å². The molecule has 1 aliphatic heterocycles. The second-order valence-corrected chi connectivity index (χ2v) is 6.06. The zero-order valence-corrected chi connectivity index (χ0v) is 14.3. The minimum absolute atomic E-state index is 0.187. The molecule has 0 aliphatic carbocycles. The number of benzene rings is 1. The summed E-state index contributed by atoms with van der Waals surface area (Å²) >= 11 is 0. The number of esters is 2. The molecule has 1 aromatic carbocycles. The average molecular weight is 334 g/mol. The third-order valence-corrected chi connectivity index (χ3v) is 3.14. The van der Waals surface area contributed by atoms with Gasteiger partial charge < -0.3 is 24.4 Å². The quantitative estimate of drug-likeness (QED) is 0.482. The number of likely N-dealkylation sites (N-methyl/N-ethyl adjacent to an activating group) is 1. The number of rotatable bonds is 6. The molecule has 0 amide bonds. The van der Waals surface area contributed by atoms with Crippen molar-refractivity contribution in [1.29, 1.82) is 0 Å². The lowest BCUT2D eigenvalue weighted by Crippen LogP contribution is -2.42. The number of hydrogen-bond acceptors (Lipinski definition) is 7. The van der Waals surface area contributed by atoms with Gasteiger partial charge in [0.1, 0.15) is 12.4 Å². The van der Waals surface area contributed by atoms with Crippen LogP contribution in [0.2, 0.25) is 0 Å². The Labute approximate surface area is 141 Å². The predicted octanol–water partition coefficient (Wildman–Crippen LogP) is 1.76. The molecule has 0 bridgehead atoms. The summed E-state index contributed by atoms with van der Waals surface area (Å²) in [6.07, 6.45) is 1.28. The number of cyclic esters (lactones) is 2. The van der Waals surface area contributed by atoms with Gasteiger partial charge in [-0.15, -0.1) is 0 Å². The number of ether oxygens (including phenoxy) is 3. The zero-order chi connectivity index (χ0) is 17.7. The van der Waals surface area contributed by atoms with Crippen LogP contribution >= 0.6 is 0 Å². The molecule has 0 atom stereocenters. The molecule has 2 rings (SSSR count). The van der Waals surface area contributed by atoms with Gasteiger partial charge in [0.25, 0.3) is 5.79 Å². The maximum absolute atomic E-state index is 11.9. The Morgan fingerprint density at radius 3 is 2.50 bits per heavy atom. The number of nitrogens with zero attached hydrogens (tertiary/aromatic N) is 1. The van der Waals surface area contributed by atoms with E-state index in [1.54, 1.807) is 12.1 Å². The molecule has 24 heavy (non-hydrogen) atoms. The number of carbonyl (C=O) groups is 2.